The molecule has 17 heavy (non-hydrogen) atoms. The lowest BCUT2D eigenvalue weighted by Gasteiger charge is -2.26. The quantitative estimate of drug-likeness (QED) is 0.694. The first-order valence-corrected chi connectivity index (χ1v) is 7.66. The minimum Gasteiger partial charge on any atom is -0.263 e. The van der Waals surface area contributed by atoms with Crippen molar-refractivity contribution in [3.8, 4) is 0 Å². The molecule has 0 aliphatic heterocycles. The van der Waals surface area contributed by atoms with Gasteiger partial charge in [-0.2, -0.15) is 0 Å². The van der Waals surface area contributed by atoms with Crippen LogP contribution in [0.4, 0.5) is 0 Å². The first-order valence-electron chi connectivity index (χ1n) is 5.93. The number of benzene rings is 1. The topological polar surface area (TPSA) is 17.1 Å². The van der Waals surface area contributed by atoms with Crippen molar-refractivity contribution in [3.63, 3.8) is 0 Å². The molecular weight excluding hydrogens is 228 g/mol. The second-order valence-electron chi connectivity index (χ2n) is 6.56. The summed E-state index contributed by atoms with van der Waals surface area (Å²) in [6.07, 6.45) is 0. The maximum atomic E-state index is 12.7. The maximum Gasteiger partial charge on any atom is 0.0342 e. The van der Waals surface area contributed by atoms with Crippen molar-refractivity contribution in [2.45, 2.75) is 56.6 Å². The van der Waals surface area contributed by atoms with Crippen molar-refractivity contribution in [1.82, 2.24) is 0 Å². The van der Waals surface area contributed by atoms with Crippen LogP contribution in [0.3, 0.4) is 0 Å². The molecule has 2 heteroatoms. The van der Waals surface area contributed by atoms with Gasteiger partial charge in [0.1, 0.15) is 0 Å². The van der Waals surface area contributed by atoms with Gasteiger partial charge in [0, 0.05) is 19.2 Å². The lowest BCUT2D eigenvalue weighted by Crippen LogP contribution is -2.27. The SMILES string of the molecule is C=S(=O)(c1ccc(C(C)(C)C)cc1)C(C)(C)C. The van der Waals surface area contributed by atoms with E-state index in [4.69, 9.17) is 0 Å². The molecule has 96 valence electrons. The van der Waals surface area contributed by atoms with Gasteiger partial charge in [0.15, 0.2) is 0 Å². The Kier molecular flexibility index (Phi) is 3.50. The second-order valence-corrected chi connectivity index (χ2v) is 9.61. The van der Waals surface area contributed by atoms with E-state index in [2.05, 4.69) is 38.8 Å². The van der Waals surface area contributed by atoms with Crippen molar-refractivity contribution in [2.24, 2.45) is 0 Å². The Morgan fingerprint density at radius 2 is 1.35 bits per heavy atom. The molecule has 1 aromatic carbocycles. The van der Waals surface area contributed by atoms with Gasteiger partial charge in [-0.15, -0.1) is 0 Å². The molecule has 1 rings (SSSR count). The minimum atomic E-state index is -2.24. The molecule has 0 radical (unpaired) electrons. The summed E-state index contributed by atoms with van der Waals surface area (Å²) in [4.78, 5) is 0.845. The third-order valence-electron chi connectivity index (χ3n) is 3.09. The van der Waals surface area contributed by atoms with Crippen LogP contribution < -0.4 is 0 Å². The van der Waals surface area contributed by atoms with E-state index in [-0.39, 0.29) is 10.2 Å². The highest BCUT2D eigenvalue weighted by Gasteiger charge is 2.25. The van der Waals surface area contributed by atoms with Crippen LogP contribution in [0.5, 0.6) is 0 Å². The monoisotopic (exact) mass is 252 g/mol. The fraction of sp³-hybridized carbons (Fsp3) is 0.533. The van der Waals surface area contributed by atoms with Crippen LogP contribution in [0.1, 0.15) is 47.1 Å². The molecule has 0 N–H and O–H groups in total. The summed E-state index contributed by atoms with van der Waals surface area (Å²) in [5, 5.41) is 0. The first kappa shape index (κ1) is 14.3. The molecule has 0 fully saturated rings. The molecule has 0 saturated heterocycles. The highest BCUT2D eigenvalue weighted by atomic mass is 32.2. The Bertz CT molecular complexity index is 479. The van der Waals surface area contributed by atoms with Crippen LogP contribution in [0.25, 0.3) is 0 Å². The molecule has 0 spiro atoms. The Labute approximate surface area is 106 Å². The van der Waals surface area contributed by atoms with Crippen LogP contribution in [0.2, 0.25) is 0 Å². The molecule has 1 nitrogen and oxygen atoms in total. The van der Waals surface area contributed by atoms with E-state index in [1.54, 1.807) is 0 Å². The molecular formula is C15H24OS. The highest BCUT2D eigenvalue weighted by Crippen LogP contribution is 2.28. The molecule has 0 saturated carbocycles. The predicted molar refractivity (Wildman–Crippen MR) is 78.4 cm³/mol. The van der Waals surface area contributed by atoms with Gasteiger partial charge in [0.25, 0.3) is 0 Å². The lowest BCUT2D eigenvalue weighted by molar-refractivity contribution is 0.589. The smallest absolute Gasteiger partial charge is 0.0342 e. The van der Waals surface area contributed by atoms with Crippen LogP contribution >= 0.6 is 0 Å². The van der Waals surface area contributed by atoms with Gasteiger partial charge >= 0.3 is 0 Å². The minimum absolute atomic E-state index is 0.127. The number of hydrogen-bond donors (Lipinski definition) is 0. The lowest BCUT2D eigenvalue weighted by atomic mass is 9.87. The Morgan fingerprint density at radius 3 is 1.65 bits per heavy atom. The van der Waals surface area contributed by atoms with Crippen LogP contribution in [-0.2, 0) is 14.9 Å². The Morgan fingerprint density at radius 1 is 0.941 bits per heavy atom. The molecule has 0 heterocycles. The van der Waals surface area contributed by atoms with Crippen LogP contribution in [-0.4, -0.2) is 14.8 Å². The predicted octanol–water partition coefficient (Wildman–Crippen LogP) is 3.86. The zero-order valence-electron chi connectivity index (χ0n) is 11.8. The zero-order chi connectivity index (χ0) is 13.5. The number of rotatable bonds is 1. The summed E-state index contributed by atoms with van der Waals surface area (Å²) in [5.41, 5.74) is 1.38. The summed E-state index contributed by atoms with van der Waals surface area (Å²) in [6, 6.07) is 8.04. The van der Waals surface area contributed by atoms with E-state index >= 15 is 0 Å². The summed E-state index contributed by atoms with van der Waals surface area (Å²) in [7, 11) is -2.24. The summed E-state index contributed by atoms with van der Waals surface area (Å²) in [5.74, 6) is 3.93. The van der Waals surface area contributed by atoms with Crippen molar-refractivity contribution in [2.75, 3.05) is 0 Å². The van der Waals surface area contributed by atoms with E-state index in [1.807, 2.05) is 32.9 Å². The van der Waals surface area contributed by atoms with Crippen LogP contribution in [0.15, 0.2) is 29.2 Å². The van der Waals surface area contributed by atoms with Gasteiger partial charge in [0.05, 0.1) is 0 Å². The summed E-state index contributed by atoms with van der Waals surface area (Å²) in [6.45, 7) is 12.4. The van der Waals surface area contributed by atoms with Crippen LogP contribution in [0, 0.1) is 0 Å². The first-order chi connectivity index (χ1) is 7.46. The average Bonchev–Trinajstić information content (AvgIpc) is 2.15. The Balaban J connectivity index is 3.22. The van der Waals surface area contributed by atoms with Gasteiger partial charge in [-0.3, -0.25) is 4.21 Å². The van der Waals surface area contributed by atoms with Gasteiger partial charge in [-0.1, -0.05) is 32.9 Å². The molecule has 1 aromatic rings. The fourth-order valence-electron chi connectivity index (χ4n) is 1.53. The standard InChI is InChI=1S/C15H24OS/c1-14(2,3)12-8-10-13(11-9-12)17(7,16)15(4,5)6/h8-11H,7H2,1-6H3. The molecule has 0 aromatic heterocycles. The molecule has 0 amide bonds. The summed E-state index contributed by atoms with van der Waals surface area (Å²) >= 11 is 0. The van der Waals surface area contributed by atoms with Crippen molar-refractivity contribution >= 4 is 15.4 Å². The molecule has 1 atom stereocenters. The zero-order valence-corrected chi connectivity index (χ0v) is 12.6. The van der Waals surface area contributed by atoms with Gasteiger partial charge in [-0.05, 0) is 49.8 Å². The maximum absolute atomic E-state index is 12.7. The van der Waals surface area contributed by atoms with Gasteiger partial charge in [-0.25, -0.2) is 0 Å². The molecule has 0 aliphatic carbocycles. The van der Waals surface area contributed by atoms with Crippen molar-refractivity contribution in [1.29, 1.82) is 0 Å². The molecule has 1 unspecified atom stereocenters. The van der Waals surface area contributed by atoms with E-state index in [0.717, 1.165) is 4.90 Å². The van der Waals surface area contributed by atoms with E-state index in [9.17, 15) is 4.21 Å². The number of hydrogen-bond acceptors (Lipinski definition) is 1. The van der Waals surface area contributed by atoms with Gasteiger partial charge < -0.3 is 0 Å². The molecule has 0 bridgehead atoms. The van der Waals surface area contributed by atoms with Crippen molar-refractivity contribution in [3.05, 3.63) is 29.8 Å². The Hall–Kier alpha value is -0.760. The highest BCUT2D eigenvalue weighted by molar-refractivity contribution is 8.01. The van der Waals surface area contributed by atoms with Gasteiger partial charge in [0.2, 0.25) is 0 Å². The normalized spacial score (nSPS) is 16.6. The second kappa shape index (κ2) is 4.16. The fourth-order valence-corrected chi connectivity index (χ4v) is 2.81. The third kappa shape index (κ3) is 2.92. The van der Waals surface area contributed by atoms with E-state index in [0.29, 0.717) is 0 Å². The summed E-state index contributed by atoms with van der Waals surface area (Å²) < 4.78 is 12.3. The third-order valence-corrected chi connectivity index (χ3v) is 6.10. The van der Waals surface area contributed by atoms with E-state index < -0.39 is 9.52 Å². The molecule has 0 aliphatic rings. The average molecular weight is 252 g/mol. The van der Waals surface area contributed by atoms with E-state index in [1.165, 1.54) is 5.56 Å². The van der Waals surface area contributed by atoms with Crippen molar-refractivity contribution < 1.29 is 4.21 Å². The largest absolute Gasteiger partial charge is 0.263 e.